The molecule has 0 unspecified atom stereocenters. The summed E-state index contributed by atoms with van der Waals surface area (Å²) in [7, 11) is 0. The lowest BCUT2D eigenvalue weighted by Gasteiger charge is -2.33. The van der Waals surface area contributed by atoms with Crippen molar-refractivity contribution in [3.05, 3.63) is 35.6 Å². The quantitative estimate of drug-likeness (QED) is 0.836. The van der Waals surface area contributed by atoms with Gasteiger partial charge in [-0.3, -0.25) is 9.69 Å². The van der Waals surface area contributed by atoms with Crippen LogP contribution in [0, 0.1) is 5.82 Å². The predicted molar refractivity (Wildman–Crippen MR) is 77.6 cm³/mol. The zero-order valence-electron chi connectivity index (χ0n) is 11.9. The van der Waals surface area contributed by atoms with Gasteiger partial charge in [0.15, 0.2) is 5.78 Å². The van der Waals surface area contributed by atoms with Gasteiger partial charge in [0.25, 0.3) is 0 Å². The van der Waals surface area contributed by atoms with E-state index in [1.165, 1.54) is 24.3 Å². The maximum atomic E-state index is 12.8. The Labute approximate surface area is 123 Å². The summed E-state index contributed by atoms with van der Waals surface area (Å²) in [6.45, 7) is 3.67. The van der Waals surface area contributed by atoms with Gasteiger partial charge in [0.2, 0.25) is 0 Å². The van der Waals surface area contributed by atoms with Gasteiger partial charge >= 0.3 is 6.03 Å². The molecule has 2 N–H and O–H groups in total. The van der Waals surface area contributed by atoms with Crippen molar-refractivity contribution in [2.75, 3.05) is 32.7 Å². The van der Waals surface area contributed by atoms with Crippen molar-refractivity contribution in [3.8, 4) is 0 Å². The van der Waals surface area contributed by atoms with Gasteiger partial charge in [-0.1, -0.05) is 0 Å². The molecule has 0 aliphatic carbocycles. The van der Waals surface area contributed by atoms with Crippen molar-refractivity contribution in [2.24, 2.45) is 5.73 Å². The largest absolute Gasteiger partial charge is 0.351 e. The van der Waals surface area contributed by atoms with Crippen LogP contribution in [0.3, 0.4) is 0 Å². The van der Waals surface area contributed by atoms with Crippen LogP contribution in [0.15, 0.2) is 24.3 Å². The highest BCUT2D eigenvalue weighted by Gasteiger charge is 2.18. The van der Waals surface area contributed by atoms with Gasteiger partial charge in [0.05, 0.1) is 0 Å². The number of piperazine rings is 1. The standard InChI is InChI=1S/C15H20FN3O2/c16-13-5-3-12(4-6-13)14(20)2-1-7-18-8-10-19(11-9-18)15(17)21/h3-6H,1-2,7-11H2,(H2,17,21). The Kier molecular flexibility index (Phi) is 5.27. The summed E-state index contributed by atoms with van der Waals surface area (Å²) in [6.07, 6.45) is 1.20. The second-order valence-electron chi connectivity index (χ2n) is 5.20. The summed E-state index contributed by atoms with van der Waals surface area (Å²) >= 11 is 0. The van der Waals surface area contributed by atoms with Crippen molar-refractivity contribution in [1.82, 2.24) is 9.80 Å². The molecule has 0 radical (unpaired) electrons. The number of hydrogen-bond acceptors (Lipinski definition) is 3. The molecule has 21 heavy (non-hydrogen) atoms. The number of primary amides is 1. The molecule has 1 aliphatic heterocycles. The van der Waals surface area contributed by atoms with E-state index in [2.05, 4.69) is 4.90 Å². The average Bonchev–Trinajstić information content (AvgIpc) is 2.48. The molecule has 114 valence electrons. The van der Waals surface area contributed by atoms with E-state index in [1.54, 1.807) is 4.90 Å². The van der Waals surface area contributed by atoms with E-state index < -0.39 is 0 Å². The number of Topliss-reactive ketones (excluding diaryl/α,β-unsaturated/α-hetero) is 1. The number of nitrogens with zero attached hydrogens (tertiary/aromatic N) is 2. The molecular weight excluding hydrogens is 273 g/mol. The molecule has 1 aromatic rings. The Bertz CT molecular complexity index is 496. The third-order valence-corrected chi connectivity index (χ3v) is 3.73. The van der Waals surface area contributed by atoms with E-state index in [0.29, 0.717) is 25.1 Å². The van der Waals surface area contributed by atoms with Gasteiger partial charge in [-0.05, 0) is 37.2 Å². The summed E-state index contributed by atoms with van der Waals surface area (Å²) in [4.78, 5) is 26.8. The lowest BCUT2D eigenvalue weighted by atomic mass is 10.1. The van der Waals surface area contributed by atoms with E-state index in [9.17, 15) is 14.0 Å². The van der Waals surface area contributed by atoms with Crippen LogP contribution >= 0.6 is 0 Å². The lowest BCUT2D eigenvalue weighted by Crippen LogP contribution is -2.50. The number of hydrogen-bond donors (Lipinski definition) is 1. The smallest absolute Gasteiger partial charge is 0.314 e. The van der Waals surface area contributed by atoms with Gasteiger partial charge in [0, 0.05) is 38.2 Å². The Balaban J connectivity index is 1.69. The molecule has 0 atom stereocenters. The Hall–Kier alpha value is -1.95. The molecule has 1 saturated heterocycles. The number of benzene rings is 1. The lowest BCUT2D eigenvalue weighted by molar-refractivity contribution is 0.0968. The first-order valence-electron chi connectivity index (χ1n) is 7.12. The fraction of sp³-hybridized carbons (Fsp3) is 0.467. The second-order valence-corrected chi connectivity index (χ2v) is 5.20. The van der Waals surface area contributed by atoms with Crippen LogP contribution in [0.2, 0.25) is 0 Å². The first-order chi connectivity index (χ1) is 10.1. The molecule has 1 heterocycles. The van der Waals surface area contributed by atoms with Gasteiger partial charge < -0.3 is 10.6 Å². The summed E-state index contributed by atoms with van der Waals surface area (Å²) in [5.74, 6) is -0.301. The van der Waals surface area contributed by atoms with Crippen LogP contribution in [0.25, 0.3) is 0 Å². The molecule has 0 spiro atoms. The topological polar surface area (TPSA) is 66.6 Å². The van der Waals surface area contributed by atoms with Crippen molar-refractivity contribution in [3.63, 3.8) is 0 Å². The zero-order valence-corrected chi connectivity index (χ0v) is 11.9. The predicted octanol–water partition coefficient (Wildman–Crippen LogP) is 1.48. The van der Waals surface area contributed by atoms with E-state index in [-0.39, 0.29) is 17.6 Å². The molecule has 2 rings (SSSR count). The van der Waals surface area contributed by atoms with Crippen LogP contribution in [0.5, 0.6) is 0 Å². The summed E-state index contributed by atoms with van der Waals surface area (Å²) in [5.41, 5.74) is 5.78. The highest BCUT2D eigenvalue weighted by atomic mass is 19.1. The molecule has 0 saturated carbocycles. The first-order valence-corrected chi connectivity index (χ1v) is 7.12. The summed E-state index contributed by atoms with van der Waals surface area (Å²) in [5, 5.41) is 0. The highest BCUT2D eigenvalue weighted by Crippen LogP contribution is 2.09. The molecule has 5 nitrogen and oxygen atoms in total. The van der Waals surface area contributed by atoms with Gasteiger partial charge in [-0.15, -0.1) is 0 Å². The normalized spacial score (nSPS) is 16.0. The number of ketones is 1. The maximum absolute atomic E-state index is 12.8. The van der Waals surface area contributed by atoms with Gasteiger partial charge in [-0.25, -0.2) is 9.18 Å². The van der Waals surface area contributed by atoms with E-state index in [0.717, 1.165) is 26.1 Å². The fourth-order valence-electron chi connectivity index (χ4n) is 2.44. The number of rotatable bonds is 5. The first kappa shape index (κ1) is 15.4. The molecule has 1 aliphatic rings. The molecular formula is C15H20FN3O2. The van der Waals surface area contributed by atoms with Gasteiger partial charge in [-0.2, -0.15) is 0 Å². The number of nitrogens with two attached hydrogens (primary N) is 1. The molecule has 2 amide bonds. The molecule has 1 fully saturated rings. The van der Waals surface area contributed by atoms with E-state index >= 15 is 0 Å². The number of amides is 2. The minimum atomic E-state index is -0.374. The third kappa shape index (κ3) is 4.53. The molecule has 0 aromatic heterocycles. The van der Waals surface area contributed by atoms with Crippen molar-refractivity contribution >= 4 is 11.8 Å². The third-order valence-electron chi connectivity index (χ3n) is 3.73. The Morgan fingerprint density at radius 3 is 2.29 bits per heavy atom. The second kappa shape index (κ2) is 7.17. The maximum Gasteiger partial charge on any atom is 0.314 e. The van der Waals surface area contributed by atoms with Crippen molar-refractivity contribution in [1.29, 1.82) is 0 Å². The number of carbonyl (C=O) groups excluding carboxylic acids is 2. The van der Waals surface area contributed by atoms with Crippen LogP contribution in [0.1, 0.15) is 23.2 Å². The van der Waals surface area contributed by atoms with Crippen LogP contribution < -0.4 is 5.73 Å². The summed E-state index contributed by atoms with van der Waals surface area (Å²) < 4.78 is 12.8. The molecule has 1 aromatic carbocycles. The highest BCUT2D eigenvalue weighted by molar-refractivity contribution is 5.95. The molecule has 6 heteroatoms. The average molecular weight is 293 g/mol. The SMILES string of the molecule is NC(=O)N1CCN(CCCC(=O)c2ccc(F)cc2)CC1. The zero-order chi connectivity index (χ0) is 15.2. The molecule has 0 bridgehead atoms. The Morgan fingerprint density at radius 2 is 1.71 bits per heavy atom. The van der Waals surface area contributed by atoms with E-state index in [1.807, 2.05) is 0 Å². The summed E-state index contributed by atoms with van der Waals surface area (Å²) in [6, 6.07) is 5.26. The minimum Gasteiger partial charge on any atom is -0.351 e. The monoisotopic (exact) mass is 293 g/mol. The minimum absolute atomic E-state index is 0.0331. The van der Waals surface area contributed by atoms with Crippen LogP contribution in [-0.4, -0.2) is 54.3 Å². The Morgan fingerprint density at radius 1 is 1.10 bits per heavy atom. The van der Waals surface area contributed by atoms with Crippen molar-refractivity contribution < 1.29 is 14.0 Å². The van der Waals surface area contributed by atoms with Crippen LogP contribution in [0.4, 0.5) is 9.18 Å². The number of halogens is 1. The number of urea groups is 1. The van der Waals surface area contributed by atoms with Crippen molar-refractivity contribution in [2.45, 2.75) is 12.8 Å². The fourth-order valence-corrected chi connectivity index (χ4v) is 2.44. The van der Waals surface area contributed by atoms with Gasteiger partial charge in [0.1, 0.15) is 5.82 Å². The number of carbonyl (C=O) groups is 2. The van der Waals surface area contributed by atoms with E-state index in [4.69, 9.17) is 5.73 Å². The van der Waals surface area contributed by atoms with Crippen LogP contribution in [-0.2, 0) is 0 Å².